The molecule has 0 aliphatic heterocycles. The Morgan fingerprint density at radius 3 is 2.63 bits per heavy atom. The van der Waals surface area contributed by atoms with E-state index in [0.717, 1.165) is 19.3 Å². The first-order chi connectivity index (χ1) is 9.13. The number of hydrogen-bond acceptors (Lipinski definition) is 6. The largest absolute Gasteiger partial charge is 0.367 e. The topological polar surface area (TPSA) is 93.0 Å². The van der Waals surface area contributed by atoms with Gasteiger partial charge in [0, 0.05) is 13.1 Å². The molecule has 1 aliphatic carbocycles. The highest BCUT2D eigenvalue weighted by atomic mass is 16.6. The van der Waals surface area contributed by atoms with Crippen molar-refractivity contribution < 1.29 is 4.92 Å². The van der Waals surface area contributed by atoms with Gasteiger partial charge in [-0.05, 0) is 18.8 Å². The third-order valence-corrected chi connectivity index (χ3v) is 3.68. The summed E-state index contributed by atoms with van der Waals surface area (Å²) in [5.74, 6) is 1.05. The molecule has 0 unspecified atom stereocenters. The van der Waals surface area contributed by atoms with Crippen molar-refractivity contribution in [1.82, 2.24) is 9.97 Å². The summed E-state index contributed by atoms with van der Waals surface area (Å²) in [4.78, 5) is 18.6. The Morgan fingerprint density at radius 1 is 1.32 bits per heavy atom. The minimum atomic E-state index is -0.443. The molecule has 1 saturated carbocycles. The number of aromatic nitrogens is 2. The Kier molecular flexibility index (Phi) is 4.13. The highest BCUT2D eigenvalue weighted by Gasteiger charge is 2.27. The smallest absolute Gasteiger partial charge is 0.353 e. The maximum absolute atomic E-state index is 11.2. The van der Waals surface area contributed by atoms with Gasteiger partial charge < -0.3 is 10.6 Å². The summed E-state index contributed by atoms with van der Waals surface area (Å²) in [7, 11) is 1.61. The summed E-state index contributed by atoms with van der Waals surface area (Å²) >= 11 is 0. The number of nitrogens with one attached hydrogen (secondary N) is 2. The predicted octanol–water partition coefficient (Wildman–Crippen LogP) is 2.42. The van der Waals surface area contributed by atoms with Gasteiger partial charge in [0.2, 0.25) is 11.6 Å². The summed E-state index contributed by atoms with van der Waals surface area (Å²) in [5, 5.41) is 17.1. The zero-order valence-electron chi connectivity index (χ0n) is 11.2. The van der Waals surface area contributed by atoms with Crippen LogP contribution in [0, 0.1) is 16.0 Å². The van der Waals surface area contributed by atoms with Crippen molar-refractivity contribution in [2.45, 2.75) is 38.6 Å². The molecular weight excluding hydrogens is 246 g/mol. The average Bonchev–Trinajstić information content (AvgIpc) is 2.40. The summed E-state index contributed by atoms with van der Waals surface area (Å²) in [6, 6.07) is 0.243. The van der Waals surface area contributed by atoms with Crippen molar-refractivity contribution in [2.75, 3.05) is 17.7 Å². The first kappa shape index (κ1) is 13.5. The number of nitro groups is 1. The van der Waals surface area contributed by atoms with Crippen molar-refractivity contribution >= 4 is 17.3 Å². The van der Waals surface area contributed by atoms with Crippen LogP contribution in [0.5, 0.6) is 0 Å². The quantitative estimate of drug-likeness (QED) is 0.641. The lowest BCUT2D eigenvalue weighted by molar-refractivity contribution is -0.383. The van der Waals surface area contributed by atoms with Crippen LogP contribution in [0.2, 0.25) is 0 Å². The van der Waals surface area contributed by atoms with Crippen molar-refractivity contribution in [3.8, 4) is 0 Å². The van der Waals surface area contributed by atoms with Gasteiger partial charge in [0.25, 0.3) is 0 Å². The molecule has 7 nitrogen and oxygen atoms in total. The summed E-state index contributed by atoms with van der Waals surface area (Å²) < 4.78 is 0. The van der Waals surface area contributed by atoms with Gasteiger partial charge in [-0.3, -0.25) is 10.1 Å². The van der Waals surface area contributed by atoms with E-state index in [1.807, 2.05) is 0 Å². The summed E-state index contributed by atoms with van der Waals surface area (Å²) in [6.45, 7) is 2.17. The van der Waals surface area contributed by atoms with Crippen LogP contribution in [0.4, 0.5) is 17.3 Å². The van der Waals surface area contributed by atoms with Crippen molar-refractivity contribution in [3.05, 3.63) is 16.4 Å². The molecule has 0 saturated heterocycles. The van der Waals surface area contributed by atoms with E-state index in [2.05, 4.69) is 27.5 Å². The van der Waals surface area contributed by atoms with E-state index in [1.165, 1.54) is 12.7 Å². The molecule has 0 radical (unpaired) electrons. The molecule has 1 aromatic rings. The Balaban J connectivity index is 2.26. The van der Waals surface area contributed by atoms with E-state index in [0.29, 0.717) is 11.7 Å². The predicted molar refractivity (Wildman–Crippen MR) is 73.3 cm³/mol. The second kappa shape index (κ2) is 5.81. The van der Waals surface area contributed by atoms with Crippen LogP contribution in [-0.4, -0.2) is 28.0 Å². The Bertz CT molecular complexity index is 465. The first-order valence-corrected chi connectivity index (χ1v) is 6.57. The maximum atomic E-state index is 11.2. The normalized spacial score (nSPS) is 22.8. The van der Waals surface area contributed by atoms with E-state index < -0.39 is 4.92 Å². The van der Waals surface area contributed by atoms with Gasteiger partial charge in [0.15, 0.2) is 0 Å². The lowest BCUT2D eigenvalue weighted by Crippen LogP contribution is -2.31. The maximum Gasteiger partial charge on any atom is 0.353 e. The van der Waals surface area contributed by atoms with Gasteiger partial charge in [-0.1, -0.05) is 19.8 Å². The lowest BCUT2D eigenvalue weighted by atomic mass is 9.86. The van der Waals surface area contributed by atoms with Crippen LogP contribution in [0.15, 0.2) is 6.33 Å². The van der Waals surface area contributed by atoms with Gasteiger partial charge in [-0.25, -0.2) is 9.97 Å². The molecule has 1 fully saturated rings. The molecule has 19 heavy (non-hydrogen) atoms. The van der Waals surface area contributed by atoms with Gasteiger partial charge in [0.05, 0.1) is 4.92 Å². The minimum absolute atomic E-state index is 0.0808. The highest BCUT2D eigenvalue weighted by molar-refractivity contribution is 5.69. The third kappa shape index (κ3) is 2.91. The summed E-state index contributed by atoms with van der Waals surface area (Å²) in [6.07, 6.45) is 5.90. The molecule has 2 rings (SSSR count). The fourth-order valence-electron chi connectivity index (χ4n) is 2.55. The molecule has 7 heteroatoms. The molecule has 2 atom stereocenters. The molecular formula is C12H19N5O2. The zero-order chi connectivity index (χ0) is 13.8. The van der Waals surface area contributed by atoms with Crippen molar-refractivity contribution in [1.29, 1.82) is 0 Å². The highest BCUT2D eigenvalue weighted by Crippen LogP contribution is 2.32. The van der Waals surface area contributed by atoms with Crippen LogP contribution >= 0.6 is 0 Å². The Labute approximate surface area is 112 Å². The number of anilines is 2. The van der Waals surface area contributed by atoms with Crippen LogP contribution in [0.25, 0.3) is 0 Å². The van der Waals surface area contributed by atoms with E-state index >= 15 is 0 Å². The van der Waals surface area contributed by atoms with Gasteiger partial charge >= 0.3 is 5.69 Å². The van der Waals surface area contributed by atoms with Crippen LogP contribution in [-0.2, 0) is 0 Å². The second-order valence-electron chi connectivity index (χ2n) is 4.94. The SMILES string of the molecule is CNc1ncnc(N[C@H]2CCCC[C@@H]2C)c1[N+](=O)[O-]. The molecule has 104 valence electrons. The Morgan fingerprint density at radius 2 is 2.00 bits per heavy atom. The molecule has 1 aliphatic rings. The molecule has 0 bridgehead atoms. The van der Waals surface area contributed by atoms with Crippen molar-refractivity contribution in [3.63, 3.8) is 0 Å². The fourth-order valence-corrected chi connectivity index (χ4v) is 2.55. The lowest BCUT2D eigenvalue weighted by Gasteiger charge is -2.29. The number of nitrogens with zero attached hydrogens (tertiary/aromatic N) is 3. The molecule has 2 N–H and O–H groups in total. The third-order valence-electron chi connectivity index (χ3n) is 3.68. The van der Waals surface area contributed by atoms with Gasteiger partial charge in [-0.2, -0.15) is 0 Å². The van der Waals surface area contributed by atoms with E-state index in [-0.39, 0.29) is 17.5 Å². The molecule has 0 aromatic carbocycles. The molecule has 1 aromatic heterocycles. The number of rotatable bonds is 4. The van der Waals surface area contributed by atoms with Gasteiger partial charge in [0.1, 0.15) is 6.33 Å². The zero-order valence-corrected chi connectivity index (χ0v) is 11.2. The van der Waals surface area contributed by atoms with Crippen LogP contribution in [0.1, 0.15) is 32.6 Å². The standard InChI is InChI=1S/C12H19N5O2/c1-8-5-3-4-6-9(8)16-12-10(17(18)19)11(13-2)14-7-15-12/h7-9H,3-6H2,1-2H3,(H2,13,14,15,16)/t8-,9-/m0/s1. The van der Waals surface area contributed by atoms with E-state index in [9.17, 15) is 10.1 Å². The van der Waals surface area contributed by atoms with Crippen molar-refractivity contribution in [2.24, 2.45) is 5.92 Å². The summed E-state index contributed by atoms with van der Waals surface area (Å²) in [5.41, 5.74) is -0.0808. The van der Waals surface area contributed by atoms with E-state index in [1.54, 1.807) is 7.05 Å². The van der Waals surface area contributed by atoms with Crippen LogP contribution < -0.4 is 10.6 Å². The van der Waals surface area contributed by atoms with E-state index in [4.69, 9.17) is 0 Å². The average molecular weight is 265 g/mol. The molecule has 0 amide bonds. The number of hydrogen-bond donors (Lipinski definition) is 2. The minimum Gasteiger partial charge on any atom is -0.367 e. The van der Waals surface area contributed by atoms with Gasteiger partial charge in [-0.15, -0.1) is 0 Å². The first-order valence-electron chi connectivity index (χ1n) is 6.57. The second-order valence-corrected chi connectivity index (χ2v) is 4.94. The molecule has 0 spiro atoms. The molecule has 1 heterocycles. The monoisotopic (exact) mass is 265 g/mol. The van der Waals surface area contributed by atoms with Crippen LogP contribution in [0.3, 0.4) is 0 Å². The Hall–Kier alpha value is -1.92. The fraction of sp³-hybridized carbons (Fsp3) is 0.667.